The quantitative estimate of drug-likeness (QED) is 0.416. The molecule has 0 N–H and O–H groups in total. The van der Waals surface area contributed by atoms with Crippen molar-refractivity contribution in [2.45, 2.75) is 0 Å². The molecule has 0 saturated heterocycles. The molecular formula is BaO7Sc4. The van der Waals surface area contributed by atoms with Crippen LogP contribution in [0.2, 0.25) is 0 Å². The Morgan fingerprint density at radius 3 is 0.250 bits per heavy atom. The molecule has 0 aliphatic rings. The zero-order chi connectivity index (χ0) is 0. The summed E-state index contributed by atoms with van der Waals surface area (Å²) >= 11 is 0. The Kier molecular flexibility index (Phi) is 2310. The standard InChI is InChI=1S/Ba.7O.4Sc/q+2;7*-2;4*+3. The molecule has 56 valence electrons. The minimum absolute atomic E-state index is 0. The van der Waals surface area contributed by atoms with E-state index in [0.29, 0.717) is 0 Å². The fraction of sp³-hybridized carbons (Fsp3) is 0. The normalized spacial score (nSPS) is 0. The topological polar surface area (TPSA) is 200 Å². The van der Waals surface area contributed by atoms with E-state index >= 15 is 0 Å². The van der Waals surface area contributed by atoms with Crippen LogP contribution in [0.4, 0.5) is 0 Å². The molecule has 0 unspecified atom stereocenters. The van der Waals surface area contributed by atoms with Gasteiger partial charge in [-0.3, -0.25) is 0 Å². The molecule has 12 heavy (non-hydrogen) atoms. The van der Waals surface area contributed by atoms with Crippen molar-refractivity contribution in [2.75, 3.05) is 0 Å². The van der Waals surface area contributed by atoms with Crippen LogP contribution < -0.4 is 0 Å². The van der Waals surface area contributed by atoms with Gasteiger partial charge in [-0.25, -0.2) is 0 Å². The van der Waals surface area contributed by atoms with E-state index in [-0.39, 0.29) is 191 Å². The van der Waals surface area contributed by atoms with Crippen molar-refractivity contribution in [3.05, 3.63) is 0 Å². The molecule has 0 radical (unpaired) electrons. The molecule has 0 spiro atoms. The molecule has 0 fully saturated rings. The molecule has 0 aromatic carbocycles. The Labute approximate surface area is 186 Å². The summed E-state index contributed by atoms with van der Waals surface area (Å²) in [6.45, 7) is 0. The molecule has 0 aliphatic heterocycles. The first kappa shape index (κ1) is 183. The third kappa shape index (κ3) is 123. The average molecular weight is 429 g/mol. The maximum absolute atomic E-state index is 0. The molecule has 0 rings (SSSR count). The van der Waals surface area contributed by atoms with Crippen molar-refractivity contribution in [3.63, 3.8) is 0 Å². The van der Waals surface area contributed by atoms with Crippen molar-refractivity contribution in [3.8, 4) is 0 Å². The van der Waals surface area contributed by atoms with E-state index in [0.717, 1.165) is 0 Å². The second kappa shape index (κ2) is 151. The Bertz CT molecular complexity index is 15.4. The average Bonchev–Trinajstić information content (AvgIpc) is 0. The first-order valence-corrected chi connectivity index (χ1v) is 0. The van der Waals surface area contributed by atoms with Crippen LogP contribution in [0.5, 0.6) is 0 Å². The van der Waals surface area contributed by atoms with E-state index < -0.39 is 0 Å². The smallest absolute Gasteiger partial charge is 2.00 e. The van der Waals surface area contributed by atoms with Crippen LogP contribution in [-0.2, 0) is 142 Å². The number of rotatable bonds is 0. The van der Waals surface area contributed by atoms with Crippen LogP contribution in [0, 0.1) is 0 Å². The molecule has 0 aromatic rings. The maximum Gasteiger partial charge on any atom is 3.00 e. The van der Waals surface area contributed by atoms with E-state index in [1.165, 1.54) is 0 Å². The van der Waals surface area contributed by atoms with Crippen molar-refractivity contribution >= 4 is 48.9 Å². The molecule has 7 nitrogen and oxygen atoms in total. The van der Waals surface area contributed by atoms with Gasteiger partial charge in [0.1, 0.15) is 0 Å². The minimum atomic E-state index is 0. The second-order valence-electron chi connectivity index (χ2n) is 0. The van der Waals surface area contributed by atoms with Crippen LogP contribution in [0.1, 0.15) is 0 Å². The van der Waals surface area contributed by atoms with Gasteiger partial charge in [-0.2, -0.15) is 0 Å². The summed E-state index contributed by atoms with van der Waals surface area (Å²) in [5.41, 5.74) is 0. The number of hydrogen-bond acceptors (Lipinski definition) is 0. The van der Waals surface area contributed by atoms with Crippen molar-refractivity contribution in [1.82, 2.24) is 0 Å². The van der Waals surface area contributed by atoms with Crippen molar-refractivity contribution < 1.29 is 142 Å². The monoisotopic (exact) mass is 430 g/mol. The van der Waals surface area contributed by atoms with E-state index in [9.17, 15) is 0 Å². The Hall–Kier alpha value is 4.77. The first-order chi connectivity index (χ1) is 0. The molecule has 0 amide bonds. The third-order valence-electron chi connectivity index (χ3n) is 0. The Morgan fingerprint density at radius 1 is 0.250 bits per heavy atom. The summed E-state index contributed by atoms with van der Waals surface area (Å²) in [5, 5.41) is 0. The molecule has 0 aliphatic carbocycles. The van der Waals surface area contributed by atoms with Gasteiger partial charge >= 0.3 is 152 Å². The van der Waals surface area contributed by atoms with E-state index in [2.05, 4.69) is 0 Å². The SMILES string of the molecule is [Ba+2].[O-2].[O-2].[O-2].[O-2].[O-2].[O-2].[O-2].[Sc+3].[Sc+3].[Sc+3].[Sc+3]. The summed E-state index contributed by atoms with van der Waals surface area (Å²) in [5.74, 6) is 0. The molecular weight excluding hydrogens is 429 g/mol. The van der Waals surface area contributed by atoms with Gasteiger partial charge < -0.3 is 38.3 Å². The van der Waals surface area contributed by atoms with Gasteiger partial charge in [-0.15, -0.1) is 0 Å². The predicted octanol–water partition coefficient (Wildman–Crippen LogP) is -1.22. The Balaban J connectivity index is 0. The fourth-order valence-electron chi connectivity index (χ4n) is 0. The van der Waals surface area contributed by atoms with Gasteiger partial charge in [0.05, 0.1) is 0 Å². The molecule has 0 aromatic heterocycles. The van der Waals surface area contributed by atoms with Crippen molar-refractivity contribution in [2.24, 2.45) is 0 Å². The molecule has 12 heteroatoms. The zero-order valence-electron chi connectivity index (χ0n) is 5.87. The summed E-state index contributed by atoms with van der Waals surface area (Å²) in [6, 6.07) is 0. The fourth-order valence-corrected chi connectivity index (χ4v) is 0. The zero-order valence-corrected chi connectivity index (χ0v) is 17.5. The second-order valence-corrected chi connectivity index (χ2v) is 0. The summed E-state index contributed by atoms with van der Waals surface area (Å²) in [6.07, 6.45) is 0. The van der Waals surface area contributed by atoms with Gasteiger partial charge in [0.2, 0.25) is 0 Å². The summed E-state index contributed by atoms with van der Waals surface area (Å²) in [4.78, 5) is 0. The van der Waals surface area contributed by atoms with Gasteiger partial charge in [0, 0.05) is 0 Å². The Morgan fingerprint density at radius 2 is 0.250 bits per heavy atom. The van der Waals surface area contributed by atoms with Crippen molar-refractivity contribution in [1.29, 1.82) is 0 Å². The van der Waals surface area contributed by atoms with E-state index in [4.69, 9.17) is 0 Å². The predicted molar refractivity (Wildman–Crippen MR) is 10.6 cm³/mol. The van der Waals surface area contributed by atoms with E-state index in [1.54, 1.807) is 0 Å². The van der Waals surface area contributed by atoms with Crippen LogP contribution >= 0.6 is 0 Å². The molecule has 0 saturated carbocycles. The maximum atomic E-state index is 0. The van der Waals surface area contributed by atoms with Crippen LogP contribution in [-0.4, -0.2) is 48.9 Å². The number of hydrogen-bond donors (Lipinski definition) is 0. The molecule has 0 bridgehead atoms. The van der Waals surface area contributed by atoms with Gasteiger partial charge in [0.15, 0.2) is 0 Å². The minimum Gasteiger partial charge on any atom is -2.00 e. The van der Waals surface area contributed by atoms with Crippen LogP contribution in [0.15, 0.2) is 0 Å². The van der Waals surface area contributed by atoms with E-state index in [1.807, 2.05) is 0 Å². The largest absolute Gasteiger partial charge is 3.00 e. The first-order valence-electron chi connectivity index (χ1n) is 0. The third-order valence-corrected chi connectivity index (χ3v) is 0. The molecule has 0 heterocycles. The summed E-state index contributed by atoms with van der Waals surface area (Å²) in [7, 11) is 0. The van der Waals surface area contributed by atoms with Crippen LogP contribution in [0.3, 0.4) is 0 Å². The van der Waals surface area contributed by atoms with Crippen LogP contribution in [0.25, 0.3) is 0 Å². The van der Waals surface area contributed by atoms with Gasteiger partial charge in [0.25, 0.3) is 0 Å². The molecule has 0 atom stereocenters. The summed E-state index contributed by atoms with van der Waals surface area (Å²) < 4.78 is 0. The van der Waals surface area contributed by atoms with Gasteiger partial charge in [-0.05, 0) is 0 Å². The van der Waals surface area contributed by atoms with Gasteiger partial charge in [-0.1, -0.05) is 0 Å².